The Bertz CT molecular complexity index is 1790. The predicted molar refractivity (Wildman–Crippen MR) is 188 cm³/mol. The monoisotopic (exact) mass is 624 g/mol. The smallest absolute Gasteiger partial charge is 0.258 e. The quantitative estimate of drug-likeness (QED) is 0.155. The number of ether oxygens (including phenoxy) is 3. The van der Waals surface area contributed by atoms with Crippen LogP contribution in [0.2, 0.25) is 0 Å². The molecule has 2 unspecified atom stereocenters. The van der Waals surface area contributed by atoms with Crippen LogP contribution >= 0.6 is 0 Å². The molecule has 5 aromatic rings. The maximum Gasteiger partial charge on any atom is 0.258 e. The van der Waals surface area contributed by atoms with Crippen LogP contribution in [0, 0.1) is 6.92 Å². The number of nitrogens with one attached hydrogen (secondary N) is 1. The number of amides is 1. The molecule has 5 aromatic carbocycles. The Morgan fingerprint density at radius 2 is 1.17 bits per heavy atom. The van der Waals surface area contributed by atoms with Crippen LogP contribution in [0.25, 0.3) is 11.1 Å². The Balaban J connectivity index is 1.28. The fourth-order valence-electron chi connectivity index (χ4n) is 5.25. The molecule has 0 aliphatic carbocycles. The lowest BCUT2D eigenvalue weighted by Gasteiger charge is -2.21. The minimum atomic E-state index is -0.409. The second-order valence-corrected chi connectivity index (χ2v) is 11.1. The zero-order chi connectivity index (χ0) is 33.0. The third-order valence-electron chi connectivity index (χ3n) is 7.90. The number of methoxy groups -OCH3 is 2. The first kappa shape index (κ1) is 32.8. The summed E-state index contributed by atoms with van der Waals surface area (Å²) in [5.74, 6) is 1.69. The van der Waals surface area contributed by atoms with Gasteiger partial charge in [0, 0.05) is 11.6 Å². The summed E-state index contributed by atoms with van der Waals surface area (Å²) >= 11 is 0. The molecule has 0 aliphatic rings. The molecule has 2 atom stereocenters. The van der Waals surface area contributed by atoms with Crippen molar-refractivity contribution in [2.75, 3.05) is 20.8 Å². The van der Waals surface area contributed by atoms with Gasteiger partial charge >= 0.3 is 0 Å². The van der Waals surface area contributed by atoms with E-state index in [0.717, 1.165) is 38.9 Å². The van der Waals surface area contributed by atoms with Crippen LogP contribution in [-0.2, 0) is 4.79 Å². The van der Waals surface area contributed by atoms with Crippen molar-refractivity contribution in [3.8, 4) is 28.4 Å². The van der Waals surface area contributed by atoms with Crippen LogP contribution in [0.15, 0.2) is 146 Å². The summed E-state index contributed by atoms with van der Waals surface area (Å²) in [6, 6.07) is 47.0. The first-order chi connectivity index (χ1) is 22.9. The molecule has 6 heteroatoms. The lowest BCUT2D eigenvalue weighted by molar-refractivity contribution is -0.123. The van der Waals surface area contributed by atoms with Gasteiger partial charge < -0.3 is 25.3 Å². The number of carbonyl (C=O) groups excluding carboxylic acids is 1. The summed E-state index contributed by atoms with van der Waals surface area (Å²) in [5.41, 5.74) is 13.6. The highest BCUT2D eigenvalue weighted by atomic mass is 16.5. The largest absolute Gasteiger partial charge is 0.497 e. The molecule has 5 rings (SSSR count). The molecule has 0 aromatic heterocycles. The second kappa shape index (κ2) is 16.1. The van der Waals surface area contributed by atoms with Crippen LogP contribution in [0.4, 0.5) is 0 Å². The van der Waals surface area contributed by atoms with Crippen molar-refractivity contribution in [2.24, 2.45) is 5.73 Å². The molecule has 0 spiro atoms. The van der Waals surface area contributed by atoms with E-state index in [1.165, 1.54) is 0 Å². The molecule has 0 saturated heterocycles. The van der Waals surface area contributed by atoms with Gasteiger partial charge in [-0.1, -0.05) is 121 Å². The van der Waals surface area contributed by atoms with Gasteiger partial charge in [0.25, 0.3) is 5.91 Å². The standard InChI is InChI=1S/C41H40N2O4/c1-29-13-15-33(16-14-29)41(34-19-17-31(18-20-34)30-11-9-7-5-4-6-8-10-12-30)43-39(44)28-47-35-23-21-32(22-24-35)40(42)37-26-25-36(45-2)27-38(37)46-3/h4-27,40-41H,28,42H2,1-3H3,(H,43,44). The highest BCUT2D eigenvalue weighted by molar-refractivity contribution is 5.78. The van der Waals surface area contributed by atoms with Crippen LogP contribution in [0.1, 0.15) is 39.9 Å². The molecule has 0 aliphatic heterocycles. The van der Waals surface area contributed by atoms with Crippen molar-refractivity contribution in [1.82, 2.24) is 5.32 Å². The van der Waals surface area contributed by atoms with Crippen molar-refractivity contribution in [1.29, 1.82) is 0 Å². The molecule has 47 heavy (non-hydrogen) atoms. The molecule has 0 saturated carbocycles. The molecule has 0 heterocycles. The third kappa shape index (κ3) is 8.78. The van der Waals surface area contributed by atoms with Crippen LogP contribution in [0.3, 0.4) is 0 Å². The molecule has 1 amide bonds. The van der Waals surface area contributed by atoms with E-state index < -0.39 is 6.04 Å². The first-order valence-corrected chi connectivity index (χ1v) is 15.5. The number of rotatable bonds is 11. The van der Waals surface area contributed by atoms with Crippen molar-refractivity contribution in [3.63, 3.8) is 0 Å². The van der Waals surface area contributed by atoms with Gasteiger partial charge in [0.2, 0.25) is 0 Å². The Labute approximate surface area is 277 Å². The normalized spacial score (nSPS) is 11.8. The van der Waals surface area contributed by atoms with Crippen LogP contribution in [0.5, 0.6) is 17.2 Å². The van der Waals surface area contributed by atoms with E-state index in [9.17, 15) is 4.79 Å². The van der Waals surface area contributed by atoms with E-state index in [4.69, 9.17) is 19.9 Å². The molecule has 0 fully saturated rings. The molecular formula is C41H40N2O4. The maximum absolute atomic E-state index is 13.3. The maximum atomic E-state index is 13.3. The van der Waals surface area contributed by atoms with Gasteiger partial charge in [0.15, 0.2) is 6.61 Å². The average Bonchev–Trinajstić information content (AvgIpc) is 3.12. The fourth-order valence-corrected chi connectivity index (χ4v) is 5.25. The fraction of sp³-hybridized carbons (Fsp3) is 0.146. The van der Waals surface area contributed by atoms with Gasteiger partial charge in [-0.2, -0.15) is 0 Å². The Morgan fingerprint density at radius 3 is 1.77 bits per heavy atom. The summed E-state index contributed by atoms with van der Waals surface area (Å²) in [4.78, 5) is 13.3. The highest BCUT2D eigenvalue weighted by Gasteiger charge is 2.19. The van der Waals surface area contributed by atoms with Gasteiger partial charge in [-0.3, -0.25) is 4.79 Å². The Kier molecular flexibility index (Phi) is 11.2. The number of carbonyl (C=O) groups is 1. The van der Waals surface area contributed by atoms with Crippen LogP contribution in [-0.4, -0.2) is 26.7 Å². The Morgan fingerprint density at radius 1 is 0.638 bits per heavy atom. The second-order valence-electron chi connectivity index (χ2n) is 11.1. The van der Waals surface area contributed by atoms with E-state index >= 15 is 0 Å². The molecule has 238 valence electrons. The number of hydrogen-bond donors (Lipinski definition) is 2. The first-order valence-electron chi connectivity index (χ1n) is 15.5. The number of benzene rings is 4. The molecule has 6 nitrogen and oxygen atoms in total. The van der Waals surface area contributed by atoms with E-state index in [2.05, 4.69) is 53.8 Å². The number of nitrogens with two attached hydrogens (primary N) is 1. The molecule has 0 bridgehead atoms. The zero-order valence-corrected chi connectivity index (χ0v) is 26.9. The van der Waals surface area contributed by atoms with E-state index in [-0.39, 0.29) is 18.6 Å². The Hall–Kier alpha value is -5.59. The van der Waals surface area contributed by atoms with Crippen molar-refractivity contribution in [2.45, 2.75) is 19.0 Å². The van der Waals surface area contributed by atoms with E-state index in [0.29, 0.717) is 17.2 Å². The molecular weight excluding hydrogens is 584 g/mol. The number of hydrogen-bond acceptors (Lipinski definition) is 5. The molecule has 0 radical (unpaired) electrons. The van der Waals surface area contributed by atoms with Gasteiger partial charge in [-0.25, -0.2) is 0 Å². The lowest BCUT2D eigenvalue weighted by atomic mass is 9.95. The van der Waals surface area contributed by atoms with Crippen molar-refractivity contribution < 1.29 is 19.0 Å². The number of aryl methyl sites for hydroxylation is 1. The van der Waals surface area contributed by atoms with E-state index in [1.54, 1.807) is 14.2 Å². The summed E-state index contributed by atoms with van der Waals surface area (Å²) in [7, 11) is 3.22. The van der Waals surface area contributed by atoms with Crippen molar-refractivity contribution >= 4 is 5.91 Å². The topological polar surface area (TPSA) is 82.8 Å². The third-order valence-corrected chi connectivity index (χ3v) is 7.90. The minimum absolute atomic E-state index is 0.135. The summed E-state index contributed by atoms with van der Waals surface area (Å²) in [5, 5.41) is 3.18. The van der Waals surface area contributed by atoms with Gasteiger partial charge in [0.1, 0.15) is 17.2 Å². The summed E-state index contributed by atoms with van der Waals surface area (Å²) < 4.78 is 16.7. The predicted octanol–water partition coefficient (Wildman–Crippen LogP) is 8.14. The minimum Gasteiger partial charge on any atom is -0.497 e. The van der Waals surface area contributed by atoms with Crippen molar-refractivity contribution in [3.05, 3.63) is 173 Å². The van der Waals surface area contributed by atoms with Crippen LogP contribution < -0.4 is 25.3 Å². The lowest BCUT2D eigenvalue weighted by Crippen LogP contribution is -2.33. The summed E-state index contributed by atoms with van der Waals surface area (Å²) in [6.07, 6.45) is 0. The molecule has 3 N–H and O–H groups in total. The van der Waals surface area contributed by atoms with Gasteiger partial charge in [-0.05, 0) is 59.0 Å². The zero-order valence-electron chi connectivity index (χ0n) is 26.9. The van der Waals surface area contributed by atoms with Gasteiger partial charge in [0.05, 0.1) is 26.3 Å². The average molecular weight is 625 g/mol. The van der Waals surface area contributed by atoms with E-state index in [1.807, 2.05) is 104 Å². The van der Waals surface area contributed by atoms with Gasteiger partial charge in [-0.15, -0.1) is 0 Å². The summed E-state index contributed by atoms with van der Waals surface area (Å²) in [6.45, 7) is 1.91. The SMILES string of the molecule is COc1ccc(C(N)c2ccc(OCC(=O)NC(c3ccc(C)cc3)c3ccc(-c4ccccccccc4)cc3)cc2)c(OC)c1. The highest BCUT2D eigenvalue weighted by Crippen LogP contribution is 2.32.